The lowest BCUT2D eigenvalue weighted by Crippen LogP contribution is -2.53. The lowest BCUT2D eigenvalue weighted by molar-refractivity contribution is 0.00331. The zero-order valence-corrected chi connectivity index (χ0v) is 31.5. The molecule has 0 aromatic heterocycles. The number of hydrogen-bond acceptors (Lipinski definition) is 5. The highest BCUT2D eigenvalue weighted by molar-refractivity contribution is 7.86. The van der Waals surface area contributed by atoms with E-state index >= 15 is 0 Å². The highest BCUT2D eigenvalue weighted by Gasteiger charge is 2.45. The molecule has 0 bridgehead atoms. The molecule has 1 aromatic rings. The molecule has 1 aromatic carbocycles. The van der Waals surface area contributed by atoms with Gasteiger partial charge in [-0.15, -0.1) is 0 Å². The summed E-state index contributed by atoms with van der Waals surface area (Å²) in [5.41, 5.74) is 1.01. The fourth-order valence-corrected chi connectivity index (χ4v) is 7.86. The molecule has 0 fully saturated rings. The number of aryl methyl sites for hydroxylation is 1. The van der Waals surface area contributed by atoms with Gasteiger partial charge in [0, 0.05) is 0 Å². The van der Waals surface area contributed by atoms with Gasteiger partial charge in [0.1, 0.15) is 0 Å². The van der Waals surface area contributed by atoms with E-state index in [4.69, 9.17) is 13.0 Å². The van der Waals surface area contributed by atoms with Gasteiger partial charge in [0.2, 0.25) is 0 Å². The van der Waals surface area contributed by atoms with Crippen LogP contribution in [0.2, 0.25) is 36.3 Å². The summed E-state index contributed by atoms with van der Waals surface area (Å²) in [6, 6.07) is 6.82. The Morgan fingerprint density at radius 2 is 1.10 bits per heavy atom. The first-order valence-electron chi connectivity index (χ1n) is 16.1. The second-order valence-electron chi connectivity index (χ2n) is 15.0. The predicted molar refractivity (Wildman–Crippen MR) is 180 cm³/mol. The molecule has 0 spiro atoms. The highest BCUT2D eigenvalue weighted by atomic mass is 32.2. The standard InChI is InChI=1S/C33H64O5SSi2/c1-13-14-15-16-17-18-19-20-21-22-30(37-40(9,10)32(3,4)5)31(38-41(11,12)33(6,7)8)27-36-39(34,35)29-25-23-28(2)24-26-29/h23-26,30-31H,13-22,27H2,1-12H3/t30-,31-/m0/s1. The van der Waals surface area contributed by atoms with Crippen LogP contribution in [0.4, 0.5) is 0 Å². The second-order valence-corrected chi connectivity index (χ2v) is 26.1. The van der Waals surface area contributed by atoms with Gasteiger partial charge in [-0.25, -0.2) is 0 Å². The summed E-state index contributed by atoms with van der Waals surface area (Å²) in [4.78, 5) is 0.176. The SMILES string of the molecule is CCCCCCCCCCC[C@H](O[Si](C)(C)C(C)(C)C)[C@H](COS(=O)(=O)c1ccc(C)cc1)O[Si](C)(C)C(C)(C)C. The van der Waals surface area contributed by atoms with E-state index in [2.05, 4.69) is 74.7 Å². The van der Waals surface area contributed by atoms with Crippen LogP contribution >= 0.6 is 0 Å². The first-order valence-corrected chi connectivity index (χ1v) is 23.3. The molecule has 1 rings (SSSR count). The highest BCUT2D eigenvalue weighted by Crippen LogP contribution is 2.41. The van der Waals surface area contributed by atoms with Gasteiger partial charge in [0.05, 0.1) is 23.7 Å². The van der Waals surface area contributed by atoms with Crippen molar-refractivity contribution in [3.63, 3.8) is 0 Å². The first kappa shape index (κ1) is 38.5. The summed E-state index contributed by atoms with van der Waals surface area (Å²) in [5, 5.41) is 0.000472. The minimum atomic E-state index is -3.92. The van der Waals surface area contributed by atoms with Gasteiger partial charge in [-0.2, -0.15) is 8.42 Å². The number of hydrogen-bond donors (Lipinski definition) is 0. The molecule has 2 atom stereocenters. The van der Waals surface area contributed by atoms with Gasteiger partial charge >= 0.3 is 0 Å². The monoisotopic (exact) mass is 628 g/mol. The molecule has 240 valence electrons. The second kappa shape index (κ2) is 16.5. The Hall–Kier alpha value is -0.516. The molecule has 41 heavy (non-hydrogen) atoms. The van der Waals surface area contributed by atoms with Crippen LogP contribution in [-0.2, 0) is 23.2 Å². The number of rotatable bonds is 19. The number of benzene rings is 1. The summed E-state index contributed by atoms with van der Waals surface area (Å²) in [7, 11) is -8.33. The van der Waals surface area contributed by atoms with Gasteiger partial charge in [-0.3, -0.25) is 4.18 Å². The molecule has 8 heteroatoms. The summed E-state index contributed by atoms with van der Waals surface area (Å²) in [5.74, 6) is 0. The van der Waals surface area contributed by atoms with Crippen molar-refractivity contribution in [1.82, 2.24) is 0 Å². The fraction of sp³-hybridized carbons (Fsp3) is 0.818. The Bertz CT molecular complexity index is 976. The first-order chi connectivity index (χ1) is 18.7. The van der Waals surface area contributed by atoms with Crippen molar-refractivity contribution in [2.75, 3.05) is 6.61 Å². The van der Waals surface area contributed by atoms with Crippen molar-refractivity contribution in [3.05, 3.63) is 29.8 Å². The topological polar surface area (TPSA) is 61.8 Å². The largest absolute Gasteiger partial charge is 0.411 e. The van der Waals surface area contributed by atoms with Crippen LogP contribution in [0.15, 0.2) is 29.2 Å². The van der Waals surface area contributed by atoms with Crippen molar-refractivity contribution in [3.8, 4) is 0 Å². The maximum Gasteiger partial charge on any atom is 0.297 e. The molecule has 0 N–H and O–H groups in total. The van der Waals surface area contributed by atoms with Crippen molar-refractivity contribution >= 4 is 26.8 Å². The smallest absolute Gasteiger partial charge is 0.297 e. The van der Waals surface area contributed by atoms with E-state index in [0.29, 0.717) is 0 Å². The van der Waals surface area contributed by atoms with E-state index in [9.17, 15) is 8.42 Å². The molecule has 0 aliphatic rings. The summed E-state index contributed by atoms with van der Waals surface area (Å²) in [6.07, 6.45) is 11.5. The summed E-state index contributed by atoms with van der Waals surface area (Å²) >= 11 is 0. The minimum Gasteiger partial charge on any atom is -0.411 e. The fourth-order valence-electron chi connectivity index (χ4n) is 4.23. The molecule has 0 heterocycles. The quantitative estimate of drug-likeness (QED) is 0.0866. The lowest BCUT2D eigenvalue weighted by atomic mass is 10.0. The van der Waals surface area contributed by atoms with Crippen LogP contribution in [0.5, 0.6) is 0 Å². The molecule has 0 unspecified atom stereocenters. The molecule has 5 nitrogen and oxygen atoms in total. The molecule has 0 radical (unpaired) electrons. The zero-order chi connectivity index (χ0) is 31.5. The predicted octanol–water partition coefficient (Wildman–Crippen LogP) is 10.4. The van der Waals surface area contributed by atoms with Gasteiger partial charge in [-0.1, -0.05) is 124 Å². The van der Waals surface area contributed by atoms with Crippen LogP contribution in [0.1, 0.15) is 118 Å². The molecule has 0 amide bonds. The molecular weight excluding hydrogens is 565 g/mol. The third-order valence-corrected chi connectivity index (χ3v) is 19.5. The Morgan fingerprint density at radius 3 is 1.54 bits per heavy atom. The lowest BCUT2D eigenvalue weighted by Gasteiger charge is -2.45. The van der Waals surface area contributed by atoms with E-state index in [1.807, 2.05) is 6.92 Å². The third kappa shape index (κ3) is 13.3. The Labute approximate surface area is 256 Å². The normalized spacial score (nSPS) is 15.2. The molecule has 0 aliphatic carbocycles. The van der Waals surface area contributed by atoms with Crippen LogP contribution < -0.4 is 0 Å². The van der Waals surface area contributed by atoms with Crippen molar-refractivity contribution in [2.24, 2.45) is 0 Å². The number of unbranched alkanes of at least 4 members (excludes halogenated alkanes) is 8. The summed E-state index contributed by atoms with van der Waals surface area (Å²) < 4.78 is 46.2. The Kier molecular flexibility index (Phi) is 15.5. The zero-order valence-electron chi connectivity index (χ0n) is 28.7. The van der Waals surface area contributed by atoms with Crippen molar-refractivity contribution in [1.29, 1.82) is 0 Å². The van der Waals surface area contributed by atoms with E-state index in [1.54, 1.807) is 24.3 Å². The van der Waals surface area contributed by atoms with E-state index in [1.165, 1.54) is 44.9 Å². The molecule has 0 saturated carbocycles. The van der Waals surface area contributed by atoms with E-state index in [0.717, 1.165) is 24.8 Å². The van der Waals surface area contributed by atoms with Gasteiger partial charge < -0.3 is 8.85 Å². The molecule has 0 aliphatic heterocycles. The third-order valence-electron chi connectivity index (χ3n) is 9.21. The average molecular weight is 629 g/mol. The average Bonchev–Trinajstić information content (AvgIpc) is 2.83. The Balaban J connectivity index is 3.18. The van der Waals surface area contributed by atoms with Gasteiger partial charge in [0.15, 0.2) is 16.6 Å². The van der Waals surface area contributed by atoms with Gasteiger partial charge in [0.25, 0.3) is 10.1 Å². The van der Waals surface area contributed by atoms with Crippen LogP contribution in [0.25, 0.3) is 0 Å². The van der Waals surface area contributed by atoms with E-state index < -0.39 is 32.9 Å². The van der Waals surface area contributed by atoms with Crippen molar-refractivity contribution in [2.45, 2.75) is 173 Å². The van der Waals surface area contributed by atoms with Gasteiger partial charge in [-0.05, 0) is 61.7 Å². The summed E-state index contributed by atoms with van der Waals surface area (Å²) in [6.45, 7) is 26.5. The molecule has 0 saturated heterocycles. The Morgan fingerprint density at radius 1 is 0.683 bits per heavy atom. The maximum atomic E-state index is 13.2. The van der Waals surface area contributed by atoms with Crippen LogP contribution in [0.3, 0.4) is 0 Å². The van der Waals surface area contributed by atoms with Crippen LogP contribution in [0, 0.1) is 6.92 Å². The van der Waals surface area contributed by atoms with Crippen molar-refractivity contribution < 1.29 is 21.5 Å². The maximum absolute atomic E-state index is 13.2. The van der Waals surface area contributed by atoms with E-state index in [-0.39, 0.29) is 27.7 Å². The minimum absolute atomic E-state index is 0.0274. The van der Waals surface area contributed by atoms with Crippen LogP contribution in [-0.4, -0.2) is 43.9 Å². The molecular formula is C33H64O5SSi2.